The molecule has 1 aromatic rings. The Kier molecular flexibility index (Phi) is 9.51. The smallest absolute Gasteiger partial charge is 0.407 e. The molecule has 1 aromatic carbocycles. The first kappa shape index (κ1) is 25.7. The molecule has 0 aliphatic carbocycles. The maximum atomic E-state index is 13.3. The summed E-state index contributed by atoms with van der Waals surface area (Å²) in [7, 11) is 0. The van der Waals surface area contributed by atoms with E-state index in [2.05, 4.69) is 22.1 Å². The Morgan fingerprint density at radius 1 is 1.24 bits per heavy atom. The zero-order valence-electron chi connectivity index (χ0n) is 20.3. The molecule has 1 spiro atoms. The Bertz CT molecular complexity index is 836. The van der Waals surface area contributed by atoms with Gasteiger partial charge in [-0.15, -0.1) is 6.58 Å². The summed E-state index contributed by atoms with van der Waals surface area (Å²) in [5.41, 5.74) is 0.204. The second-order valence-corrected chi connectivity index (χ2v) is 9.12. The van der Waals surface area contributed by atoms with Gasteiger partial charge in [0.2, 0.25) is 11.8 Å². The van der Waals surface area contributed by atoms with Crippen LogP contribution in [0.3, 0.4) is 0 Å². The average molecular weight is 471 g/mol. The summed E-state index contributed by atoms with van der Waals surface area (Å²) in [6.07, 6.45) is 5.53. The topological polar surface area (TPSA) is 91.0 Å². The number of ether oxygens (including phenoxy) is 1. The van der Waals surface area contributed by atoms with Crippen LogP contribution in [0.5, 0.6) is 0 Å². The number of likely N-dealkylation sites (tertiary alicyclic amines) is 1. The molecule has 3 amide bonds. The Hall–Kier alpha value is -2.87. The van der Waals surface area contributed by atoms with Gasteiger partial charge in [0.25, 0.3) is 0 Å². The van der Waals surface area contributed by atoms with E-state index in [1.807, 2.05) is 48.2 Å². The molecular formula is C26H38N4O4. The molecule has 2 aliphatic heterocycles. The monoisotopic (exact) mass is 470 g/mol. The Morgan fingerprint density at radius 3 is 2.65 bits per heavy atom. The van der Waals surface area contributed by atoms with E-state index in [1.54, 1.807) is 0 Å². The molecule has 2 aliphatic rings. The molecular weight excluding hydrogens is 432 g/mol. The van der Waals surface area contributed by atoms with Crippen molar-refractivity contribution in [2.24, 2.45) is 0 Å². The van der Waals surface area contributed by atoms with Crippen molar-refractivity contribution in [2.45, 2.75) is 63.6 Å². The van der Waals surface area contributed by atoms with Crippen molar-refractivity contribution in [3.05, 3.63) is 48.6 Å². The normalized spacial score (nSPS) is 20.1. The first-order valence-corrected chi connectivity index (χ1v) is 12.4. The van der Waals surface area contributed by atoms with Crippen molar-refractivity contribution >= 4 is 17.9 Å². The Labute approximate surface area is 202 Å². The molecule has 0 bridgehead atoms. The number of alkyl carbamates (subject to hydrolysis) is 1. The minimum absolute atomic E-state index is 0.0218. The molecule has 2 N–H and O–H groups in total. The van der Waals surface area contributed by atoms with E-state index in [-0.39, 0.29) is 18.4 Å². The average Bonchev–Trinajstić information content (AvgIpc) is 2.85. The molecule has 8 heteroatoms. The van der Waals surface area contributed by atoms with Crippen LogP contribution in [-0.4, -0.2) is 72.0 Å². The van der Waals surface area contributed by atoms with E-state index in [4.69, 9.17) is 4.74 Å². The number of unbranched alkanes of at least 4 members (excludes halogenated alkanes) is 1. The van der Waals surface area contributed by atoms with Crippen molar-refractivity contribution in [2.75, 3.05) is 32.7 Å². The highest BCUT2D eigenvalue weighted by Gasteiger charge is 2.52. The van der Waals surface area contributed by atoms with Crippen LogP contribution in [0.4, 0.5) is 4.79 Å². The van der Waals surface area contributed by atoms with E-state index in [1.165, 1.54) is 0 Å². The van der Waals surface area contributed by atoms with Gasteiger partial charge in [-0.3, -0.25) is 14.5 Å². The fraction of sp³-hybridized carbons (Fsp3) is 0.577. The number of piperazine rings is 1. The highest BCUT2D eigenvalue weighted by molar-refractivity contribution is 6.00. The molecule has 1 unspecified atom stereocenters. The van der Waals surface area contributed by atoms with Crippen molar-refractivity contribution in [3.63, 3.8) is 0 Å². The van der Waals surface area contributed by atoms with Crippen molar-refractivity contribution < 1.29 is 19.1 Å². The fourth-order valence-corrected chi connectivity index (χ4v) is 4.84. The first-order valence-electron chi connectivity index (χ1n) is 12.4. The van der Waals surface area contributed by atoms with Crippen LogP contribution in [0, 0.1) is 0 Å². The second-order valence-electron chi connectivity index (χ2n) is 9.12. The fourth-order valence-electron chi connectivity index (χ4n) is 4.84. The van der Waals surface area contributed by atoms with Crippen LogP contribution in [0.1, 0.15) is 51.0 Å². The lowest BCUT2D eigenvalue weighted by molar-refractivity contribution is -0.161. The van der Waals surface area contributed by atoms with E-state index in [9.17, 15) is 14.4 Å². The minimum atomic E-state index is -0.731. The molecule has 3 rings (SSSR count). The quantitative estimate of drug-likeness (QED) is 0.383. The van der Waals surface area contributed by atoms with Gasteiger partial charge in [0.15, 0.2) is 0 Å². The largest absolute Gasteiger partial charge is 0.445 e. The molecule has 2 heterocycles. The number of carbonyl (C=O) groups excluding carboxylic acids is 3. The third-order valence-corrected chi connectivity index (χ3v) is 6.73. The van der Waals surface area contributed by atoms with E-state index in [0.717, 1.165) is 38.0 Å². The highest BCUT2D eigenvalue weighted by atomic mass is 16.5. The van der Waals surface area contributed by atoms with Crippen LogP contribution in [-0.2, 0) is 20.9 Å². The van der Waals surface area contributed by atoms with Gasteiger partial charge in [-0.2, -0.15) is 0 Å². The number of rotatable bonds is 11. The standard InChI is InChI=1S/C26H38N4O4/c1-3-16-29-18-13-26(14-19-29)24(32)28-22(23(31)30(26)17-4-2)12-8-9-15-27-25(33)34-20-21-10-6-5-7-11-21/h3,5-7,10-11,22H,1,4,8-9,12-20H2,2H3,(H,27,33)(H,28,32). The number of hydrogen-bond acceptors (Lipinski definition) is 5. The number of amides is 3. The Balaban J connectivity index is 1.43. The van der Waals surface area contributed by atoms with Crippen molar-refractivity contribution in [1.82, 2.24) is 20.4 Å². The third kappa shape index (κ3) is 6.38. The summed E-state index contributed by atoms with van der Waals surface area (Å²) in [6.45, 7) is 9.49. The van der Waals surface area contributed by atoms with Crippen molar-refractivity contribution in [3.8, 4) is 0 Å². The van der Waals surface area contributed by atoms with Gasteiger partial charge in [-0.05, 0) is 44.1 Å². The predicted octanol–water partition coefficient (Wildman–Crippen LogP) is 2.84. The zero-order valence-corrected chi connectivity index (χ0v) is 20.3. The predicted molar refractivity (Wildman–Crippen MR) is 131 cm³/mol. The molecule has 2 saturated heterocycles. The van der Waals surface area contributed by atoms with Crippen LogP contribution in [0.2, 0.25) is 0 Å². The summed E-state index contributed by atoms with van der Waals surface area (Å²) in [5, 5.41) is 5.76. The van der Waals surface area contributed by atoms with Crippen molar-refractivity contribution in [1.29, 1.82) is 0 Å². The zero-order chi connectivity index (χ0) is 24.4. The maximum Gasteiger partial charge on any atom is 0.407 e. The van der Waals surface area contributed by atoms with Gasteiger partial charge in [0.1, 0.15) is 18.2 Å². The summed E-state index contributed by atoms with van der Waals surface area (Å²) in [5.74, 6) is 0.000249. The summed E-state index contributed by atoms with van der Waals surface area (Å²) in [6, 6.07) is 9.02. The number of carbonyl (C=O) groups is 3. The first-order chi connectivity index (χ1) is 16.5. The molecule has 1 atom stereocenters. The third-order valence-electron chi connectivity index (χ3n) is 6.73. The van der Waals surface area contributed by atoms with E-state index < -0.39 is 17.7 Å². The van der Waals surface area contributed by atoms with Crippen LogP contribution >= 0.6 is 0 Å². The molecule has 34 heavy (non-hydrogen) atoms. The number of nitrogens with one attached hydrogen (secondary N) is 2. The summed E-state index contributed by atoms with van der Waals surface area (Å²) >= 11 is 0. The SMILES string of the molecule is C=CCN1CCC2(CC1)C(=O)NC(CCCCNC(=O)OCc1ccccc1)C(=O)N2CCC. The van der Waals surface area contributed by atoms with Gasteiger partial charge < -0.3 is 20.3 Å². The van der Waals surface area contributed by atoms with E-state index in [0.29, 0.717) is 38.8 Å². The van der Waals surface area contributed by atoms with E-state index >= 15 is 0 Å². The lowest BCUT2D eigenvalue weighted by Gasteiger charge is -2.51. The molecule has 2 fully saturated rings. The maximum absolute atomic E-state index is 13.3. The van der Waals surface area contributed by atoms with Gasteiger partial charge in [0.05, 0.1) is 0 Å². The lowest BCUT2D eigenvalue weighted by Crippen LogP contribution is -2.72. The number of hydrogen-bond donors (Lipinski definition) is 2. The van der Waals surface area contributed by atoms with Gasteiger partial charge in [-0.25, -0.2) is 4.79 Å². The summed E-state index contributed by atoms with van der Waals surface area (Å²) < 4.78 is 5.21. The number of piperidine rings is 1. The molecule has 0 saturated carbocycles. The van der Waals surface area contributed by atoms with Gasteiger partial charge in [0, 0.05) is 32.7 Å². The van der Waals surface area contributed by atoms with Crippen LogP contribution in [0.15, 0.2) is 43.0 Å². The molecule has 8 nitrogen and oxygen atoms in total. The molecule has 186 valence electrons. The highest BCUT2D eigenvalue weighted by Crippen LogP contribution is 2.33. The van der Waals surface area contributed by atoms with Gasteiger partial charge >= 0.3 is 6.09 Å². The Morgan fingerprint density at radius 2 is 1.97 bits per heavy atom. The van der Waals surface area contributed by atoms with Gasteiger partial charge in [-0.1, -0.05) is 43.3 Å². The molecule has 0 aromatic heterocycles. The lowest BCUT2D eigenvalue weighted by atomic mass is 9.81. The van der Waals surface area contributed by atoms with Crippen LogP contribution < -0.4 is 10.6 Å². The molecule has 0 radical (unpaired) electrons. The summed E-state index contributed by atoms with van der Waals surface area (Å²) in [4.78, 5) is 42.5. The minimum Gasteiger partial charge on any atom is -0.445 e. The number of benzene rings is 1. The van der Waals surface area contributed by atoms with Crippen LogP contribution in [0.25, 0.3) is 0 Å². The number of nitrogens with zero attached hydrogens (tertiary/aromatic N) is 2. The second kappa shape index (κ2) is 12.6.